The molecule has 0 bridgehead atoms. The van der Waals surface area contributed by atoms with Crippen LogP contribution >= 0.6 is 0 Å². The number of carbonyl (C=O) groups excluding carboxylic acids is 1. The minimum Gasteiger partial charge on any atom is -0.466 e. The van der Waals surface area contributed by atoms with E-state index in [2.05, 4.69) is 17.2 Å². The summed E-state index contributed by atoms with van der Waals surface area (Å²) in [7, 11) is 0. The standard InChI is InChI=1S/C16H20N2O3/c1-2-21-15(20)6-5-12-7-13(11-3-4-11)8-18-9-14(10-19)17-16(12)18/h7-9,11,19H,2-6,10H2,1H3. The number of aliphatic hydroxyl groups is 1. The monoisotopic (exact) mass is 288 g/mol. The Morgan fingerprint density at radius 2 is 2.29 bits per heavy atom. The Labute approximate surface area is 123 Å². The van der Waals surface area contributed by atoms with Gasteiger partial charge in [0.05, 0.1) is 18.9 Å². The van der Waals surface area contributed by atoms with Gasteiger partial charge >= 0.3 is 5.97 Å². The van der Waals surface area contributed by atoms with Crippen molar-refractivity contribution in [1.82, 2.24) is 9.38 Å². The molecule has 0 atom stereocenters. The van der Waals surface area contributed by atoms with Gasteiger partial charge in [0, 0.05) is 18.8 Å². The number of esters is 1. The third kappa shape index (κ3) is 3.08. The van der Waals surface area contributed by atoms with E-state index in [-0.39, 0.29) is 12.6 Å². The van der Waals surface area contributed by atoms with E-state index in [9.17, 15) is 9.90 Å². The number of pyridine rings is 1. The largest absolute Gasteiger partial charge is 0.466 e. The Bertz CT molecular complexity index is 659. The third-order valence-corrected chi connectivity index (χ3v) is 3.81. The molecule has 2 heterocycles. The van der Waals surface area contributed by atoms with Gasteiger partial charge in [-0.05, 0) is 43.2 Å². The first-order valence-electron chi connectivity index (χ1n) is 7.48. The number of aryl methyl sites for hydroxylation is 1. The van der Waals surface area contributed by atoms with E-state index < -0.39 is 0 Å². The molecule has 1 fully saturated rings. The van der Waals surface area contributed by atoms with E-state index >= 15 is 0 Å². The summed E-state index contributed by atoms with van der Waals surface area (Å²) in [6.07, 6.45) is 7.38. The number of nitrogens with zero attached hydrogens (tertiary/aromatic N) is 2. The SMILES string of the molecule is CCOC(=O)CCc1cc(C2CC2)cn2cc(CO)nc12. The normalized spacial score (nSPS) is 14.6. The molecule has 2 aromatic rings. The lowest BCUT2D eigenvalue weighted by molar-refractivity contribution is -0.143. The van der Waals surface area contributed by atoms with Crippen molar-refractivity contribution in [3.63, 3.8) is 0 Å². The van der Waals surface area contributed by atoms with Crippen LogP contribution in [-0.4, -0.2) is 27.1 Å². The first kappa shape index (κ1) is 14.1. The van der Waals surface area contributed by atoms with Gasteiger partial charge in [0.15, 0.2) is 0 Å². The van der Waals surface area contributed by atoms with Crippen molar-refractivity contribution < 1.29 is 14.6 Å². The van der Waals surface area contributed by atoms with Gasteiger partial charge in [-0.25, -0.2) is 4.98 Å². The van der Waals surface area contributed by atoms with Crippen molar-refractivity contribution in [3.8, 4) is 0 Å². The summed E-state index contributed by atoms with van der Waals surface area (Å²) >= 11 is 0. The Kier molecular flexibility index (Phi) is 3.92. The molecule has 1 aliphatic carbocycles. The highest BCUT2D eigenvalue weighted by Crippen LogP contribution is 2.40. The second-order valence-electron chi connectivity index (χ2n) is 5.50. The van der Waals surface area contributed by atoms with E-state index in [0.29, 0.717) is 31.1 Å². The summed E-state index contributed by atoms with van der Waals surface area (Å²) in [5.74, 6) is 0.456. The van der Waals surface area contributed by atoms with Gasteiger partial charge in [-0.3, -0.25) is 4.79 Å². The van der Waals surface area contributed by atoms with Crippen LogP contribution in [0.25, 0.3) is 5.65 Å². The Morgan fingerprint density at radius 1 is 1.48 bits per heavy atom. The van der Waals surface area contributed by atoms with Crippen molar-refractivity contribution in [3.05, 3.63) is 35.3 Å². The Balaban J connectivity index is 1.90. The molecule has 112 valence electrons. The van der Waals surface area contributed by atoms with Crippen LogP contribution in [0.1, 0.15) is 48.9 Å². The summed E-state index contributed by atoms with van der Waals surface area (Å²) in [5, 5.41) is 9.26. The van der Waals surface area contributed by atoms with Gasteiger partial charge in [-0.15, -0.1) is 0 Å². The summed E-state index contributed by atoms with van der Waals surface area (Å²) in [6, 6.07) is 2.15. The molecule has 2 aromatic heterocycles. The molecule has 5 nitrogen and oxygen atoms in total. The van der Waals surface area contributed by atoms with Crippen LogP contribution in [-0.2, 0) is 22.6 Å². The van der Waals surface area contributed by atoms with Gasteiger partial charge in [0.2, 0.25) is 0 Å². The number of imidazole rings is 1. The number of rotatable bonds is 6. The van der Waals surface area contributed by atoms with Crippen LogP contribution < -0.4 is 0 Å². The summed E-state index contributed by atoms with van der Waals surface area (Å²) in [5.41, 5.74) is 3.82. The fraction of sp³-hybridized carbons (Fsp3) is 0.500. The number of hydrogen-bond donors (Lipinski definition) is 1. The maximum atomic E-state index is 11.6. The Hall–Kier alpha value is -1.88. The van der Waals surface area contributed by atoms with E-state index in [4.69, 9.17) is 4.74 Å². The highest BCUT2D eigenvalue weighted by Gasteiger charge is 2.25. The van der Waals surface area contributed by atoms with Crippen LogP contribution in [0, 0.1) is 0 Å². The molecule has 0 saturated heterocycles. The molecule has 21 heavy (non-hydrogen) atoms. The lowest BCUT2D eigenvalue weighted by atomic mass is 10.1. The lowest BCUT2D eigenvalue weighted by Crippen LogP contribution is -2.06. The average Bonchev–Trinajstić information content (AvgIpc) is 3.24. The molecule has 5 heteroatoms. The quantitative estimate of drug-likeness (QED) is 0.828. The number of fused-ring (bicyclic) bond motifs is 1. The topological polar surface area (TPSA) is 63.8 Å². The molecule has 3 rings (SSSR count). The van der Waals surface area contributed by atoms with Crippen LogP contribution in [0.3, 0.4) is 0 Å². The fourth-order valence-electron chi connectivity index (χ4n) is 2.61. The maximum Gasteiger partial charge on any atom is 0.306 e. The highest BCUT2D eigenvalue weighted by molar-refractivity contribution is 5.70. The zero-order valence-electron chi connectivity index (χ0n) is 12.2. The van der Waals surface area contributed by atoms with Gasteiger partial charge in [-0.1, -0.05) is 6.07 Å². The molecule has 0 spiro atoms. The third-order valence-electron chi connectivity index (χ3n) is 3.81. The molecular weight excluding hydrogens is 268 g/mol. The van der Waals surface area contributed by atoms with Gasteiger partial charge in [0.1, 0.15) is 5.65 Å². The highest BCUT2D eigenvalue weighted by atomic mass is 16.5. The smallest absolute Gasteiger partial charge is 0.306 e. The van der Waals surface area contributed by atoms with E-state index in [1.54, 1.807) is 0 Å². The van der Waals surface area contributed by atoms with Gasteiger partial charge in [0.25, 0.3) is 0 Å². The average molecular weight is 288 g/mol. The van der Waals surface area contributed by atoms with Gasteiger partial charge in [-0.2, -0.15) is 0 Å². The zero-order chi connectivity index (χ0) is 14.8. The lowest BCUT2D eigenvalue weighted by Gasteiger charge is -2.07. The minimum atomic E-state index is -0.179. The first-order chi connectivity index (χ1) is 10.2. The van der Waals surface area contributed by atoms with Crippen molar-refractivity contribution in [2.45, 2.75) is 45.1 Å². The van der Waals surface area contributed by atoms with Gasteiger partial charge < -0.3 is 14.2 Å². The molecule has 1 aliphatic rings. The Morgan fingerprint density at radius 3 is 2.95 bits per heavy atom. The van der Waals surface area contributed by atoms with E-state index in [1.165, 1.54) is 18.4 Å². The molecular formula is C16H20N2O3. The molecule has 0 unspecified atom stereocenters. The fourth-order valence-corrected chi connectivity index (χ4v) is 2.61. The molecule has 1 saturated carbocycles. The van der Waals surface area contributed by atoms with Crippen LogP contribution in [0.5, 0.6) is 0 Å². The van der Waals surface area contributed by atoms with Crippen LogP contribution in [0.2, 0.25) is 0 Å². The summed E-state index contributed by atoms with van der Waals surface area (Å²) in [4.78, 5) is 16.0. The van der Waals surface area contributed by atoms with Crippen molar-refractivity contribution >= 4 is 11.6 Å². The van der Waals surface area contributed by atoms with Crippen molar-refractivity contribution in [1.29, 1.82) is 0 Å². The zero-order valence-corrected chi connectivity index (χ0v) is 12.2. The molecule has 1 N–H and O–H groups in total. The number of aromatic nitrogens is 2. The maximum absolute atomic E-state index is 11.6. The number of aliphatic hydroxyl groups excluding tert-OH is 1. The number of hydrogen-bond acceptors (Lipinski definition) is 4. The van der Waals surface area contributed by atoms with Crippen molar-refractivity contribution in [2.75, 3.05) is 6.61 Å². The molecule has 0 aliphatic heterocycles. The molecule has 0 aromatic carbocycles. The summed E-state index contributed by atoms with van der Waals surface area (Å²) < 4.78 is 6.96. The van der Waals surface area contributed by atoms with E-state index in [1.807, 2.05) is 17.5 Å². The molecule has 0 radical (unpaired) electrons. The molecule has 0 amide bonds. The second kappa shape index (κ2) is 5.85. The van der Waals surface area contributed by atoms with Crippen molar-refractivity contribution in [2.24, 2.45) is 0 Å². The predicted molar refractivity (Wildman–Crippen MR) is 78.0 cm³/mol. The second-order valence-corrected chi connectivity index (χ2v) is 5.50. The van der Waals surface area contributed by atoms with Crippen LogP contribution in [0.15, 0.2) is 18.5 Å². The van der Waals surface area contributed by atoms with Crippen LogP contribution in [0.4, 0.5) is 0 Å². The first-order valence-corrected chi connectivity index (χ1v) is 7.48. The predicted octanol–water partition coefficient (Wildman–Crippen LogP) is 2.20. The minimum absolute atomic E-state index is 0.0717. The van der Waals surface area contributed by atoms with E-state index in [0.717, 1.165) is 11.2 Å². The summed E-state index contributed by atoms with van der Waals surface area (Å²) in [6.45, 7) is 2.15. The number of ether oxygens (including phenoxy) is 1. The number of carbonyl (C=O) groups is 1.